The third-order valence-electron chi connectivity index (χ3n) is 9.01. The summed E-state index contributed by atoms with van der Waals surface area (Å²) < 4.78 is 5.47. The van der Waals surface area contributed by atoms with Gasteiger partial charge in [0, 0.05) is 24.1 Å². The standard InChI is InChI=1S/C24H38N2O2/c1-16-14-18-19-4-5-22(27)24(19,3)9-7-20(18)23(2)8-6-17(15-21(16)23)26-11-13-28-12-10-25/h18-21H,1,4-15,25H2,2-3H3. The fourth-order valence-corrected chi connectivity index (χ4v) is 7.42. The third kappa shape index (κ3) is 3.21. The van der Waals surface area contributed by atoms with E-state index in [1.54, 1.807) is 0 Å². The molecule has 0 saturated heterocycles. The van der Waals surface area contributed by atoms with Crippen LogP contribution in [-0.4, -0.2) is 37.8 Å². The minimum atomic E-state index is -0.0462. The van der Waals surface area contributed by atoms with Crippen molar-refractivity contribution in [3.63, 3.8) is 0 Å². The molecule has 0 spiro atoms. The Morgan fingerprint density at radius 3 is 2.75 bits per heavy atom. The molecule has 4 aliphatic rings. The summed E-state index contributed by atoms with van der Waals surface area (Å²) >= 11 is 0. The largest absolute Gasteiger partial charge is 0.378 e. The fourth-order valence-electron chi connectivity index (χ4n) is 7.42. The van der Waals surface area contributed by atoms with Gasteiger partial charge >= 0.3 is 0 Å². The summed E-state index contributed by atoms with van der Waals surface area (Å²) in [6.07, 6.45) is 8.79. The van der Waals surface area contributed by atoms with Crippen LogP contribution in [0.25, 0.3) is 0 Å². The molecule has 4 heteroatoms. The molecule has 0 aromatic heterocycles. The minimum absolute atomic E-state index is 0.0462. The van der Waals surface area contributed by atoms with E-state index >= 15 is 0 Å². The van der Waals surface area contributed by atoms with Crippen LogP contribution in [0.15, 0.2) is 17.1 Å². The van der Waals surface area contributed by atoms with Gasteiger partial charge in [0.1, 0.15) is 5.78 Å². The second-order valence-corrected chi connectivity index (χ2v) is 10.3. The van der Waals surface area contributed by atoms with Crippen LogP contribution in [-0.2, 0) is 9.53 Å². The summed E-state index contributed by atoms with van der Waals surface area (Å²) in [6.45, 7) is 12.0. The molecule has 4 fully saturated rings. The molecular weight excluding hydrogens is 348 g/mol. The van der Waals surface area contributed by atoms with E-state index in [9.17, 15) is 4.79 Å². The molecule has 4 nitrogen and oxygen atoms in total. The van der Waals surface area contributed by atoms with E-state index in [2.05, 4.69) is 20.4 Å². The number of aliphatic imine (C=N–C) groups is 1. The number of carbonyl (C=O) groups is 1. The number of carbonyl (C=O) groups excluding carboxylic acids is 1. The molecular formula is C24H38N2O2. The number of hydrogen-bond donors (Lipinski definition) is 1. The summed E-state index contributed by atoms with van der Waals surface area (Å²) in [5.74, 6) is 3.10. The van der Waals surface area contributed by atoms with Crippen LogP contribution in [0.1, 0.15) is 65.2 Å². The second kappa shape index (κ2) is 7.68. The highest BCUT2D eigenvalue weighted by molar-refractivity contribution is 5.87. The number of nitrogens with zero attached hydrogens (tertiary/aromatic N) is 1. The zero-order chi connectivity index (χ0) is 19.9. The van der Waals surface area contributed by atoms with Crippen LogP contribution < -0.4 is 5.73 Å². The quantitative estimate of drug-likeness (QED) is 0.569. The lowest BCUT2D eigenvalue weighted by Gasteiger charge is -2.60. The van der Waals surface area contributed by atoms with Crippen molar-refractivity contribution in [3.8, 4) is 0 Å². The molecule has 2 N–H and O–H groups in total. The maximum Gasteiger partial charge on any atom is 0.139 e. The summed E-state index contributed by atoms with van der Waals surface area (Å²) in [6, 6.07) is 0. The molecule has 4 rings (SSSR count). The van der Waals surface area contributed by atoms with Crippen LogP contribution >= 0.6 is 0 Å². The van der Waals surface area contributed by atoms with Crippen LogP contribution in [0.4, 0.5) is 0 Å². The first-order chi connectivity index (χ1) is 13.4. The Kier molecular flexibility index (Phi) is 5.56. The van der Waals surface area contributed by atoms with Crippen LogP contribution in [0, 0.1) is 34.5 Å². The molecule has 0 aliphatic heterocycles. The average molecular weight is 387 g/mol. The number of ketones is 1. The van der Waals surface area contributed by atoms with Gasteiger partial charge in [-0.2, -0.15) is 0 Å². The van der Waals surface area contributed by atoms with E-state index in [1.165, 1.54) is 24.1 Å². The maximum atomic E-state index is 12.6. The predicted molar refractivity (Wildman–Crippen MR) is 113 cm³/mol. The van der Waals surface area contributed by atoms with Crippen molar-refractivity contribution in [2.75, 3.05) is 26.3 Å². The van der Waals surface area contributed by atoms with Crippen LogP contribution in [0.3, 0.4) is 0 Å². The van der Waals surface area contributed by atoms with Crippen LogP contribution in [0.5, 0.6) is 0 Å². The number of rotatable bonds is 5. The molecule has 0 amide bonds. The van der Waals surface area contributed by atoms with Crippen molar-refractivity contribution in [1.82, 2.24) is 0 Å². The molecule has 0 aromatic carbocycles. The lowest BCUT2D eigenvalue weighted by Crippen LogP contribution is -2.54. The van der Waals surface area contributed by atoms with Crippen molar-refractivity contribution in [1.29, 1.82) is 0 Å². The zero-order valence-corrected chi connectivity index (χ0v) is 17.8. The Balaban J connectivity index is 1.48. The first kappa shape index (κ1) is 20.3. The number of nitrogens with two attached hydrogens (primary N) is 1. The van der Waals surface area contributed by atoms with Gasteiger partial charge in [-0.25, -0.2) is 0 Å². The Labute approximate surface area is 170 Å². The monoisotopic (exact) mass is 386 g/mol. The molecule has 156 valence electrons. The highest BCUT2D eigenvalue weighted by atomic mass is 16.5. The zero-order valence-electron chi connectivity index (χ0n) is 17.8. The third-order valence-corrected chi connectivity index (χ3v) is 9.01. The highest BCUT2D eigenvalue weighted by Gasteiger charge is 2.60. The Morgan fingerprint density at radius 1 is 1.14 bits per heavy atom. The molecule has 0 heterocycles. The fraction of sp³-hybridized carbons (Fsp3) is 0.833. The average Bonchev–Trinajstić information content (AvgIpc) is 2.98. The van der Waals surface area contributed by atoms with Gasteiger partial charge in [-0.15, -0.1) is 0 Å². The number of ether oxygens (including phenoxy) is 1. The molecule has 0 aromatic rings. The van der Waals surface area contributed by atoms with E-state index in [0.29, 0.717) is 48.7 Å². The van der Waals surface area contributed by atoms with E-state index in [-0.39, 0.29) is 5.41 Å². The molecule has 0 radical (unpaired) electrons. The molecule has 28 heavy (non-hydrogen) atoms. The molecule has 4 saturated carbocycles. The minimum Gasteiger partial charge on any atom is -0.378 e. The van der Waals surface area contributed by atoms with Crippen LogP contribution in [0.2, 0.25) is 0 Å². The lowest BCUT2D eigenvalue weighted by atomic mass is 9.44. The SMILES string of the molecule is C=C1CC2C3CCC(=O)C3(C)CCC2C2(C)CCC(=NCCOCCN)CC12. The summed E-state index contributed by atoms with van der Waals surface area (Å²) in [4.78, 5) is 17.5. The van der Waals surface area contributed by atoms with Gasteiger partial charge in [-0.3, -0.25) is 9.79 Å². The van der Waals surface area contributed by atoms with E-state index in [4.69, 9.17) is 15.5 Å². The summed E-state index contributed by atoms with van der Waals surface area (Å²) in [5.41, 5.74) is 8.54. The van der Waals surface area contributed by atoms with Crippen molar-refractivity contribution >= 4 is 11.5 Å². The summed E-state index contributed by atoms with van der Waals surface area (Å²) in [7, 11) is 0. The smallest absolute Gasteiger partial charge is 0.139 e. The summed E-state index contributed by atoms with van der Waals surface area (Å²) in [5, 5.41) is 0. The predicted octanol–water partition coefficient (Wildman–Crippen LogP) is 4.18. The molecule has 0 bridgehead atoms. The normalized spacial score (nSPS) is 44.3. The topological polar surface area (TPSA) is 64.7 Å². The van der Waals surface area contributed by atoms with Crippen molar-refractivity contribution in [3.05, 3.63) is 12.2 Å². The van der Waals surface area contributed by atoms with Gasteiger partial charge in [0.25, 0.3) is 0 Å². The Morgan fingerprint density at radius 2 is 1.96 bits per heavy atom. The lowest BCUT2D eigenvalue weighted by molar-refractivity contribution is -0.134. The highest BCUT2D eigenvalue weighted by Crippen LogP contribution is 2.66. The van der Waals surface area contributed by atoms with Crippen molar-refractivity contribution in [2.24, 2.45) is 45.2 Å². The number of hydrogen-bond acceptors (Lipinski definition) is 4. The second-order valence-electron chi connectivity index (χ2n) is 10.3. The first-order valence-corrected chi connectivity index (χ1v) is 11.4. The number of Topliss-reactive ketones (excluding diaryl/α,β-unsaturated/α-hetero) is 1. The van der Waals surface area contributed by atoms with Crippen molar-refractivity contribution in [2.45, 2.75) is 65.2 Å². The maximum absolute atomic E-state index is 12.6. The van der Waals surface area contributed by atoms with Gasteiger partial charge in [0.05, 0.1) is 19.8 Å². The van der Waals surface area contributed by atoms with E-state index in [0.717, 1.165) is 51.0 Å². The first-order valence-electron chi connectivity index (χ1n) is 11.4. The van der Waals surface area contributed by atoms with Gasteiger partial charge in [0.15, 0.2) is 0 Å². The molecule has 4 aliphatic carbocycles. The van der Waals surface area contributed by atoms with Gasteiger partial charge < -0.3 is 10.5 Å². The van der Waals surface area contributed by atoms with E-state index < -0.39 is 0 Å². The number of allylic oxidation sites excluding steroid dienone is 1. The van der Waals surface area contributed by atoms with Gasteiger partial charge in [-0.05, 0) is 74.0 Å². The van der Waals surface area contributed by atoms with Gasteiger partial charge in [0.2, 0.25) is 0 Å². The molecule has 6 atom stereocenters. The Hall–Kier alpha value is -1.00. The Bertz CT molecular complexity index is 672. The molecule has 6 unspecified atom stereocenters. The van der Waals surface area contributed by atoms with Gasteiger partial charge in [-0.1, -0.05) is 26.0 Å². The van der Waals surface area contributed by atoms with Crippen molar-refractivity contribution < 1.29 is 9.53 Å². The number of fused-ring (bicyclic) bond motifs is 5. The van der Waals surface area contributed by atoms with E-state index in [1.807, 2.05) is 0 Å².